The zero-order valence-corrected chi connectivity index (χ0v) is 23.9. The molecular formula is C30H33ClN6O4. The number of benzene rings is 2. The summed E-state index contributed by atoms with van der Waals surface area (Å²) >= 11 is 6.35. The molecule has 3 aromatic carbocycles. The lowest BCUT2D eigenvalue weighted by Gasteiger charge is -2.34. The van der Waals surface area contributed by atoms with Crippen LogP contribution in [0, 0.1) is 0 Å². The fourth-order valence-electron chi connectivity index (χ4n) is 4.54. The van der Waals surface area contributed by atoms with Crippen LogP contribution < -0.4 is 30.4 Å². The third-order valence-electron chi connectivity index (χ3n) is 6.98. The molecule has 4 aromatic rings. The molecule has 2 heterocycles. The number of methoxy groups -OCH3 is 1. The molecule has 1 fully saturated rings. The molecule has 1 aliphatic rings. The Hall–Kier alpha value is -4.15. The van der Waals surface area contributed by atoms with Crippen LogP contribution in [0.25, 0.3) is 0 Å². The van der Waals surface area contributed by atoms with Gasteiger partial charge in [-0.05, 0) is 56.6 Å². The number of aromatic nitrogens is 2. The second-order valence-electron chi connectivity index (χ2n) is 10.1. The molecule has 1 amide bonds. The fraction of sp³-hybridized carbons (Fsp3) is 0.333. The predicted molar refractivity (Wildman–Crippen MR) is 161 cm³/mol. The van der Waals surface area contributed by atoms with Gasteiger partial charge in [-0.2, -0.15) is 4.98 Å². The van der Waals surface area contributed by atoms with E-state index in [-0.39, 0.29) is 22.2 Å². The summed E-state index contributed by atoms with van der Waals surface area (Å²) in [5.74, 6) is 1.50. The second-order valence-corrected chi connectivity index (χ2v) is 10.5. The van der Waals surface area contributed by atoms with Crippen LogP contribution in [-0.4, -0.2) is 61.1 Å². The average Bonchev–Trinajstić information content (AvgIpc) is 3.68. The monoisotopic (exact) mass is 576 g/mol. The summed E-state index contributed by atoms with van der Waals surface area (Å²) in [6.45, 7) is 3.95. The highest BCUT2D eigenvalue weighted by Crippen LogP contribution is 2.34. The van der Waals surface area contributed by atoms with E-state index >= 15 is 0 Å². The number of carbonyl (C=O) groups is 1. The fourth-order valence-corrected chi connectivity index (χ4v) is 4.67. The highest BCUT2D eigenvalue weighted by Gasteiger charge is 2.17. The number of aryl methyl sites for hydroxylation is 1. The van der Waals surface area contributed by atoms with Crippen LogP contribution >= 0.6 is 11.6 Å². The lowest BCUT2D eigenvalue weighted by molar-refractivity contribution is -0.116. The Bertz CT molecular complexity index is 1510. The zero-order chi connectivity index (χ0) is 28.8. The van der Waals surface area contributed by atoms with E-state index in [0.29, 0.717) is 41.7 Å². The van der Waals surface area contributed by atoms with Gasteiger partial charge in [0, 0.05) is 61.7 Å². The molecule has 0 radical (unpaired) electrons. The molecule has 0 atom stereocenters. The average molecular weight is 577 g/mol. The molecule has 0 bridgehead atoms. The van der Waals surface area contributed by atoms with Crippen LogP contribution in [0.3, 0.4) is 0 Å². The first-order chi connectivity index (χ1) is 19.9. The van der Waals surface area contributed by atoms with Crippen LogP contribution in [0.1, 0.15) is 24.8 Å². The van der Waals surface area contributed by atoms with Gasteiger partial charge < -0.3 is 29.9 Å². The number of nitrogens with zero attached hydrogens (tertiary/aromatic N) is 4. The first-order valence-electron chi connectivity index (χ1n) is 13.6. The van der Waals surface area contributed by atoms with E-state index in [1.807, 2.05) is 12.1 Å². The third-order valence-corrected chi connectivity index (χ3v) is 7.24. The van der Waals surface area contributed by atoms with Gasteiger partial charge in [0.15, 0.2) is 5.43 Å². The van der Waals surface area contributed by atoms with Gasteiger partial charge in [0.05, 0.1) is 19.0 Å². The summed E-state index contributed by atoms with van der Waals surface area (Å²) in [6.07, 6.45) is 4.10. The lowest BCUT2D eigenvalue weighted by atomic mass is 10.1. The topological polar surface area (TPSA) is 109 Å². The van der Waals surface area contributed by atoms with Crippen molar-refractivity contribution >= 4 is 40.5 Å². The number of anilines is 4. The number of rotatable bonds is 12. The Morgan fingerprint density at radius 3 is 2.63 bits per heavy atom. The number of unbranched alkanes of at least 4 members (excludes halogenated alkanes) is 1. The van der Waals surface area contributed by atoms with Crippen molar-refractivity contribution in [1.29, 1.82) is 0 Å². The maximum atomic E-state index is 12.4. The first-order valence-corrected chi connectivity index (χ1v) is 14.0. The summed E-state index contributed by atoms with van der Waals surface area (Å²) in [4.78, 5) is 36.8. The number of hydrogen-bond donors (Lipinski definition) is 2. The van der Waals surface area contributed by atoms with Crippen molar-refractivity contribution in [3.8, 4) is 17.4 Å². The summed E-state index contributed by atoms with van der Waals surface area (Å²) in [5.41, 5.74) is 3.41. The normalized spacial score (nSPS) is 13.8. The van der Waals surface area contributed by atoms with Crippen molar-refractivity contribution < 1.29 is 14.3 Å². The van der Waals surface area contributed by atoms with Crippen molar-refractivity contribution in [1.82, 2.24) is 14.9 Å². The number of halogens is 1. The molecule has 1 aromatic heterocycles. The van der Waals surface area contributed by atoms with E-state index in [2.05, 4.69) is 43.5 Å². The minimum absolute atomic E-state index is 0.0996. The van der Waals surface area contributed by atoms with Gasteiger partial charge in [-0.15, -0.1) is 0 Å². The van der Waals surface area contributed by atoms with E-state index in [0.717, 1.165) is 50.3 Å². The standard InChI is InChI=1S/C30H33ClN6O4/c1-36-12-14-37(15-13-36)22-10-11-25(27(18-22)40-2)34-30-32-19-24(31)29(35-30)41-23-8-5-7-21(17-23)33-28(39)9-4-3-6-20-16-26(20)38/h5,7-8,10-11,16-19H,3-4,6,9,12-15H2,1-2H3,(H,33,39)(H,32,34,35). The quantitative estimate of drug-likeness (QED) is 0.225. The van der Waals surface area contributed by atoms with Crippen molar-refractivity contribution in [2.24, 2.45) is 0 Å². The van der Waals surface area contributed by atoms with E-state index in [9.17, 15) is 9.59 Å². The second kappa shape index (κ2) is 13.0. The van der Waals surface area contributed by atoms with Crippen molar-refractivity contribution in [2.75, 3.05) is 55.9 Å². The Kier molecular flexibility index (Phi) is 9.01. The molecule has 0 aliphatic carbocycles. The molecule has 214 valence electrons. The maximum Gasteiger partial charge on any atom is 0.243 e. The highest BCUT2D eigenvalue weighted by molar-refractivity contribution is 6.31. The molecule has 10 nitrogen and oxygen atoms in total. The van der Waals surface area contributed by atoms with Gasteiger partial charge in [-0.1, -0.05) is 17.7 Å². The molecule has 2 N–H and O–H groups in total. The zero-order valence-electron chi connectivity index (χ0n) is 23.2. The summed E-state index contributed by atoms with van der Waals surface area (Å²) in [5, 5.41) is 6.32. The minimum Gasteiger partial charge on any atom is -0.494 e. The van der Waals surface area contributed by atoms with Gasteiger partial charge in [-0.3, -0.25) is 9.59 Å². The summed E-state index contributed by atoms with van der Waals surface area (Å²) in [7, 11) is 3.76. The van der Waals surface area contributed by atoms with Crippen molar-refractivity contribution in [3.63, 3.8) is 0 Å². The molecule has 5 rings (SSSR count). The maximum absolute atomic E-state index is 12.4. The van der Waals surface area contributed by atoms with Gasteiger partial charge in [-0.25, -0.2) is 4.98 Å². The number of hydrogen-bond acceptors (Lipinski definition) is 9. The van der Waals surface area contributed by atoms with E-state index in [1.54, 1.807) is 37.4 Å². The largest absolute Gasteiger partial charge is 0.494 e. The smallest absolute Gasteiger partial charge is 0.243 e. The van der Waals surface area contributed by atoms with Crippen LogP contribution in [0.15, 0.2) is 59.5 Å². The van der Waals surface area contributed by atoms with Crippen LogP contribution in [0.2, 0.25) is 5.02 Å². The Labute approximate surface area is 243 Å². The highest BCUT2D eigenvalue weighted by atomic mass is 35.5. The molecule has 11 heteroatoms. The van der Waals surface area contributed by atoms with Gasteiger partial charge in [0.1, 0.15) is 16.5 Å². The summed E-state index contributed by atoms with van der Waals surface area (Å²) in [6, 6.07) is 14.7. The molecular weight excluding hydrogens is 544 g/mol. The van der Waals surface area contributed by atoms with Crippen LogP contribution in [-0.2, 0) is 11.2 Å². The number of amides is 1. The predicted octanol–water partition coefficient (Wildman–Crippen LogP) is 5.01. The van der Waals surface area contributed by atoms with E-state index in [1.165, 1.54) is 6.20 Å². The Morgan fingerprint density at radius 2 is 1.88 bits per heavy atom. The number of ether oxygens (including phenoxy) is 2. The molecule has 0 spiro atoms. The molecule has 0 saturated carbocycles. The molecule has 1 aliphatic heterocycles. The summed E-state index contributed by atoms with van der Waals surface area (Å²) < 4.78 is 11.6. The Balaban J connectivity index is 1.20. The van der Waals surface area contributed by atoms with Crippen LogP contribution in [0.4, 0.5) is 23.0 Å². The van der Waals surface area contributed by atoms with Gasteiger partial charge in [0.25, 0.3) is 0 Å². The number of nitrogens with one attached hydrogen (secondary N) is 2. The number of likely N-dealkylation sites (N-methyl/N-ethyl adjacent to an activating group) is 1. The van der Waals surface area contributed by atoms with E-state index < -0.39 is 0 Å². The van der Waals surface area contributed by atoms with Crippen molar-refractivity contribution in [2.45, 2.75) is 25.7 Å². The number of carbonyl (C=O) groups excluding carboxylic acids is 1. The van der Waals surface area contributed by atoms with Crippen molar-refractivity contribution in [3.05, 3.63) is 75.5 Å². The van der Waals surface area contributed by atoms with Gasteiger partial charge in [0.2, 0.25) is 17.7 Å². The van der Waals surface area contributed by atoms with Crippen LogP contribution in [0.5, 0.6) is 17.4 Å². The number of piperazine rings is 1. The minimum atomic E-state index is -0.0996. The SMILES string of the molecule is COc1cc(N2CCN(C)CC2)ccc1Nc1ncc(Cl)c(Oc2cccc(NC(=O)CCCCc3cc3=O)c2)n1. The van der Waals surface area contributed by atoms with E-state index in [4.69, 9.17) is 21.1 Å². The lowest BCUT2D eigenvalue weighted by Crippen LogP contribution is -2.44. The molecule has 1 saturated heterocycles. The third kappa shape index (κ3) is 7.74. The Morgan fingerprint density at radius 1 is 1.07 bits per heavy atom. The molecule has 41 heavy (non-hydrogen) atoms. The van der Waals surface area contributed by atoms with Gasteiger partial charge >= 0.3 is 0 Å². The first kappa shape index (κ1) is 28.4. The molecule has 0 unspecified atom stereocenters.